The van der Waals surface area contributed by atoms with Crippen molar-refractivity contribution in [2.24, 2.45) is 0 Å². The van der Waals surface area contributed by atoms with Crippen LogP contribution >= 0.6 is 0 Å². The molecule has 0 radical (unpaired) electrons. The van der Waals surface area contributed by atoms with Gasteiger partial charge in [0.25, 0.3) is 0 Å². The number of hydrogen-bond acceptors (Lipinski definition) is 10. The highest BCUT2D eigenvalue weighted by Crippen LogP contribution is 2.33. The molecule has 6 aromatic rings. The van der Waals surface area contributed by atoms with Gasteiger partial charge in [-0.3, -0.25) is 0 Å². The number of benzene rings is 5. The molecule has 98 heavy (non-hydrogen) atoms. The smallest absolute Gasteiger partial charge is 0.186 e. The van der Waals surface area contributed by atoms with E-state index in [0.29, 0.717) is 39.6 Å². The lowest BCUT2D eigenvalue weighted by molar-refractivity contribution is -0.327. The van der Waals surface area contributed by atoms with E-state index in [0.717, 1.165) is 66.5 Å². The molecule has 1 N–H and O–H groups in total. The van der Waals surface area contributed by atoms with Gasteiger partial charge >= 0.3 is 0 Å². The summed E-state index contributed by atoms with van der Waals surface area (Å²) in [5.41, 5.74) is 5.40. The van der Waals surface area contributed by atoms with Crippen molar-refractivity contribution in [3.63, 3.8) is 0 Å². The zero-order valence-electron chi connectivity index (χ0n) is 61.2. The Morgan fingerprint density at radius 2 is 0.724 bits per heavy atom. The van der Waals surface area contributed by atoms with E-state index in [1.165, 1.54) is 205 Å². The second-order valence-corrected chi connectivity index (χ2v) is 28.3. The molecule has 8 atom stereocenters. The number of rotatable bonds is 61. The van der Waals surface area contributed by atoms with Crippen LogP contribution in [0.2, 0.25) is 0 Å². The molecule has 0 spiro atoms. The van der Waals surface area contributed by atoms with E-state index in [4.69, 9.17) is 33.2 Å². The molecular formula is C87H132N4O7. The molecule has 7 rings (SSSR count). The van der Waals surface area contributed by atoms with Gasteiger partial charge in [0, 0.05) is 6.20 Å². The fourth-order valence-electron chi connectivity index (χ4n) is 13.9. The van der Waals surface area contributed by atoms with Crippen molar-refractivity contribution >= 4 is 0 Å². The monoisotopic (exact) mass is 1350 g/mol. The number of unbranched alkanes of at least 4 members (excludes halogenated alkanes) is 34. The van der Waals surface area contributed by atoms with Gasteiger partial charge in [-0.15, -0.1) is 5.10 Å². The van der Waals surface area contributed by atoms with Gasteiger partial charge in [-0.1, -0.05) is 395 Å². The maximum Gasteiger partial charge on any atom is 0.186 e. The Bertz CT molecular complexity index is 2710. The number of ether oxygens (including phenoxy) is 7. The van der Waals surface area contributed by atoms with Gasteiger partial charge in [-0.05, 0) is 47.2 Å². The number of nitrogens with zero attached hydrogens (tertiary/aromatic N) is 3. The summed E-state index contributed by atoms with van der Waals surface area (Å²) >= 11 is 0. The highest BCUT2D eigenvalue weighted by atomic mass is 16.7. The molecule has 0 bridgehead atoms. The molecule has 1 aliphatic rings. The molecule has 0 amide bonds. The molecular weight excluding hydrogens is 1210 g/mol. The fourth-order valence-corrected chi connectivity index (χ4v) is 13.9. The molecule has 11 heteroatoms. The summed E-state index contributed by atoms with van der Waals surface area (Å²) in [6.45, 7) is 7.96. The second kappa shape index (κ2) is 53.7. The van der Waals surface area contributed by atoms with Crippen LogP contribution in [0.25, 0.3) is 0 Å². The first-order chi connectivity index (χ1) is 48.7. The average Bonchev–Trinajstić information content (AvgIpc) is 0.931. The van der Waals surface area contributed by atoms with Crippen LogP contribution in [0.5, 0.6) is 0 Å². The van der Waals surface area contributed by atoms with Crippen molar-refractivity contribution in [3.05, 3.63) is 192 Å². The van der Waals surface area contributed by atoms with Crippen LogP contribution in [0.3, 0.4) is 0 Å². The first-order valence-electron chi connectivity index (χ1n) is 39.8. The molecule has 1 aromatic heterocycles. The van der Waals surface area contributed by atoms with Gasteiger partial charge in [0.2, 0.25) is 0 Å². The summed E-state index contributed by atoms with van der Waals surface area (Å²) in [5.74, 6) is 0. The van der Waals surface area contributed by atoms with E-state index in [1.807, 2.05) is 41.2 Å². The minimum atomic E-state index is -0.882. The Balaban J connectivity index is 1.05. The fraction of sp³-hybridized carbons (Fsp3) is 0.632. The first-order valence-corrected chi connectivity index (χ1v) is 39.8. The second-order valence-electron chi connectivity index (χ2n) is 28.3. The van der Waals surface area contributed by atoms with E-state index in [-0.39, 0.29) is 24.9 Å². The van der Waals surface area contributed by atoms with Crippen molar-refractivity contribution in [1.82, 2.24) is 20.3 Å². The van der Waals surface area contributed by atoms with Crippen molar-refractivity contribution in [2.45, 2.75) is 340 Å². The molecule has 0 aliphatic carbocycles. The predicted octanol–water partition coefficient (Wildman–Crippen LogP) is 22.4. The molecule has 1 saturated heterocycles. The Labute approximate surface area is 595 Å². The summed E-state index contributed by atoms with van der Waals surface area (Å²) in [4.78, 5) is 0. The van der Waals surface area contributed by atoms with Gasteiger partial charge in [-0.25, -0.2) is 4.68 Å². The number of hydrogen-bond donors (Lipinski definition) is 1. The number of nitrogens with one attached hydrogen (secondary N) is 1. The van der Waals surface area contributed by atoms with Crippen LogP contribution in [0.15, 0.2) is 164 Å². The summed E-state index contributed by atoms with van der Waals surface area (Å²) < 4.78 is 52.6. The average molecular weight is 1350 g/mol. The zero-order chi connectivity index (χ0) is 68.1. The van der Waals surface area contributed by atoms with Crippen LogP contribution in [-0.4, -0.2) is 77.1 Å². The van der Waals surface area contributed by atoms with Crippen LogP contribution in [0.1, 0.15) is 279 Å². The summed E-state index contributed by atoms with van der Waals surface area (Å²) in [5, 5.41) is 12.8. The maximum absolute atomic E-state index is 7.43. The van der Waals surface area contributed by atoms with Crippen LogP contribution < -0.4 is 5.32 Å². The Kier molecular flexibility index (Phi) is 44.0. The number of aromatic nitrogens is 3. The Morgan fingerprint density at radius 3 is 1.11 bits per heavy atom. The third-order valence-electron chi connectivity index (χ3n) is 19.9. The zero-order valence-corrected chi connectivity index (χ0v) is 61.2. The predicted molar refractivity (Wildman–Crippen MR) is 404 cm³/mol. The third-order valence-corrected chi connectivity index (χ3v) is 19.9. The quantitative estimate of drug-likeness (QED) is 0.0371. The van der Waals surface area contributed by atoms with Gasteiger partial charge in [-0.2, -0.15) is 0 Å². The first kappa shape index (κ1) is 80.2. The molecule has 542 valence electrons. The minimum Gasteiger partial charge on any atom is -0.371 e. The van der Waals surface area contributed by atoms with E-state index in [9.17, 15) is 0 Å². The molecule has 1 fully saturated rings. The van der Waals surface area contributed by atoms with Gasteiger partial charge < -0.3 is 38.5 Å². The highest BCUT2D eigenvalue weighted by Gasteiger charge is 2.50. The van der Waals surface area contributed by atoms with E-state index in [1.54, 1.807) is 6.20 Å². The van der Waals surface area contributed by atoms with Gasteiger partial charge in [0.05, 0.1) is 64.5 Å². The maximum atomic E-state index is 7.43. The normalized spacial score (nSPS) is 17.3. The lowest BCUT2D eigenvalue weighted by Crippen LogP contribution is -2.62. The molecule has 0 saturated carbocycles. The van der Waals surface area contributed by atoms with Gasteiger partial charge in [0.1, 0.15) is 30.5 Å². The van der Waals surface area contributed by atoms with Crippen molar-refractivity contribution in [1.29, 1.82) is 0 Å². The highest BCUT2D eigenvalue weighted by molar-refractivity contribution is 5.17. The van der Waals surface area contributed by atoms with Crippen LogP contribution in [0, 0.1) is 0 Å². The largest absolute Gasteiger partial charge is 0.371 e. The topological polar surface area (TPSA) is 107 Å². The summed E-state index contributed by atoms with van der Waals surface area (Å²) in [6, 6.07) is 51.9. The van der Waals surface area contributed by atoms with Crippen LogP contribution in [-0.2, 0) is 72.7 Å². The SMILES string of the molecule is CCCCCCCCCCCCCCCCCCCCCCCCCCN[C@@H](CO[C@@H]1O[C@H](Cn2ccnn2)[C@H](OCc2ccccc2)[C@H](OCc2ccccc2)[C@H]1OCc1ccccc1)[C@H](OCc1ccccc1)[C@@H](CCCCCCCCCCCCCC)OCc1ccccc1. The summed E-state index contributed by atoms with van der Waals surface area (Å²) in [7, 11) is 0. The minimum absolute atomic E-state index is 0.238. The molecule has 2 heterocycles. The Hall–Kier alpha value is -5.08. The van der Waals surface area contributed by atoms with Crippen molar-refractivity contribution < 1.29 is 33.2 Å². The molecule has 0 unspecified atom stereocenters. The van der Waals surface area contributed by atoms with Crippen LogP contribution in [0.4, 0.5) is 0 Å². The lowest BCUT2D eigenvalue weighted by atomic mass is 9.96. The lowest BCUT2D eigenvalue weighted by Gasteiger charge is -2.46. The van der Waals surface area contributed by atoms with E-state index in [2.05, 4.69) is 151 Å². The Morgan fingerprint density at radius 1 is 0.378 bits per heavy atom. The van der Waals surface area contributed by atoms with Crippen molar-refractivity contribution in [3.8, 4) is 0 Å². The molecule has 1 aliphatic heterocycles. The van der Waals surface area contributed by atoms with E-state index < -0.39 is 30.7 Å². The van der Waals surface area contributed by atoms with Crippen molar-refractivity contribution in [2.75, 3.05) is 13.2 Å². The van der Waals surface area contributed by atoms with Gasteiger partial charge in [0.15, 0.2) is 6.29 Å². The summed E-state index contributed by atoms with van der Waals surface area (Å²) in [6.07, 6.45) is 48.9. The molecule has 11 nitrogen and oxygen atoms in total. The molecule has 5 aromatic carbocycles. The van der Waals surface area contributed by atoms with E-state index >= 15 is 0 Å². The third kappa shape index (κ3) is 35.0. The standard InChI is InChI=1S/C87H132N4O7/c1-3-5-7-9-11-13-15-17-18-19-20-21-22-23-24-25-26-27-28-30-32-34-36-53-65-88-80(83(93-70-76-56-44-38-45-57-76)81(92-69-75-54-42-37-43-55-75)64-52-35-33-31-29-16-14-12-10-8-6-4-2)74-97-87-86(96-73-79-62-50-41-51-63-79)85(95-72-78-60-48-40-49-61-78)84(94-71-77-58-46-39-47-59-77)82(98-87)68-91-67-66-89-90-91/h37-51,54-63,66-67,80-88H,3-36,52-53,64-65,68-74H2,1-2H3/t80-,81+,82+,83-,84-,85-,86+,87+/m0/s1.